The van der Waals surface area contributed by atoms with E-state index in [1.54, 1.807) is 0 Å². The minimum absolute atomic E-state index is 0.199. The fraction of sp³-hybridized carbons (Fsp3) is 0.786. The lowest BCUT2D eigenvalue weighted by molar-refractivity contribution is 0.0818. The molecule has 0 bridgehead atoms. The quantitative estimate of drug-likeness (QED) is 0.845. The average molecular weight is 299 g/mol. The summed E-state index contributed by atoms with van der Waals surface area (Å²) >= 11 is 1.10. The van der Waals surface area contributed by atoms with E-state index >= 15 is 0 Å². The van der Waals surface area contributed by atoms with E-state index in [2.05, 4.69) is 14.9 Å². The summed E-state index contributed by atoms with van der Waals surface area (Å²) in [4.78, 5) is 12.7. The standard InChI is InChI=1S/C14H25N3O2S/c1-6-9(7-2)10(18)8-15-13(19)11-12(14(3,4)5)16-17-20-11/h9-10,18H,6-8H2,1-5H3,(H,15,19). The number of nitrogens with one attached hydrogen (secondary N) is 1. The third kappa shape index (κ3) is 4.24. The Hall–Kier alpha value is -1.01. The fourth-order valence-electron chi connectivity index (χ4n) is 2.11. The topological polar surface area (TPSA) is 75.1 Å². The van der Waals surface area contributed by atoms with Gasteiger partial charge in [0.15, 0.2) is 0 Å². The Bertz CT molecular complexity index is 436. The zero-order chi connectivity index (χ0) is 15.3. The van der Waals surface area contributed by atoms with Crippen LogP contribution in [0.5, 0.6) is 0 Å². The van der Waals surface area contributed by atoms with Gasteiger partial charge in [-0.3, -0.25) is 4.79 Å². The average Bonchev–Trinajstić information content (AvgIpc) is 2.86. The summed E-state index contributed by atoms with van der Waals surface area (Å²) in [7, 11) is 0. The molecule has 0 spiro atoms. The molecule has 20 heavy (non-hydrogen) atoms. The van der Waals surface area contributed by atoms with Crippen molar-refractivity contribution >= 4 is 17.4 Å². The van der Waals surface area contributed by atoms with Gasteiger partial charge in [-0.1, -0.05) is 51.9 Å². The zero-order valence-electron chi connectivity index (χ0n) is 12.9. The molecule has 0 radical (unpaired) electrons. The van der Waals surface area contributed by atoms with Crippen LogP contribution >= 0.6 is 11.5 Å². The van der Waals surface area contributed by atoms with E-state index in [0.717, 1.165) is 24.4 Å². The molecular formula is C14H25N3O2S. The van der Waals surface area contributed by atoms with Crippen LogP contribution in [0.3, 0.4) is 0 Å². The van der Waals surface area contributed by atoms with Crippen LogP contribution < -0.4 is 5.32 Å². The molecule has 1 aromatic heterocycles. The molecule has 0 saturated heterocycles. The smallest absolute Gasteiger partial charge is 0.265 e. The number of hydrogen-bond donors (Lipinski definition) is 2. The number of aliphatic hydroxyl groups excluding tert-OH is 1. The minimum Gasteiger partial charge on any atom is -0.391 e. The number of hydrogen-bond acceptors (Lipinski definition) is 5. The SMILES string of the molecule is CCC(CC)C(O)CNC(=O)c1snnc1C(C)(C)C. The molecule has 0 aliphatic rings. The van der Waals surface area contributed by atoms with Gasteiger partial charge in [0.05, 0.1) is 11.8 Å². The largest absolute Gasteiger partial charge is 0.391 e. The molecular weight excluding hydrogens is 274 g/mol. The normalized spacial score (nSPS) is 13.6. The van der Waals surface area contributed by atoms with Gasteiger partial charge in [0.2, 0.25) is 0 Å². The van der Waals surface area contributed by atoms with E-state index < -0.39 is 6.10 Å². The van der Waals surface area contributed by atoms with Crippen molar-refractivity contribution in [1.82, 2.24) is 14.9 Å². The summed E-state index contributed by atoms with van der Waals surface area (Å²) in [6.45, 7) is 10.4. The van der Waals surface area contributed by atoms with Gasteiger partial charge in [0, 0.05) is 12.0 Å². The van der Waals surface area contributed by atoms with Gasteiger partial charge < -0.3 is 10.4 Å². The summed E-state index contributed by atoms with van der Waals surface area (Å²) in [6, 6.07) is 0. The third-order valence-electron chi connectivity index (χ3n) is 3.47. The molecule has 0 saturated carbocycles. The van der Waals surface area contributed by atoms with Gasteiger partial charge in [0.1, 0.15) is 4.88 Å². The Morgan fingerprint density at radius 1 is 1.35 bits per heavy atom. The second-order valence-electron chi connectivity index (χ2n) is 6.05. The van der Waals surface area contributed by atoms with Crippen molar-refractivity contribution in [3.8, 4) is 0 Å². The zero-order valence-corrected chi connectivity index (χ0v) is 13.8. The van der Waals surface area contributed by atoms with Crippen molar-refractivity contribution in [3.63, 3.8) is 0 Å². The van der Waals surface area contributed by atoms with Gasteiger partial charge in [-0.15, -0.1) is 5.10 Å². The highest BCUT2D eigenvalue weighted by atomic mass is 32.1. The van der Waals surface area contributed by atoms with Crippen LogP contribution in [0.25, 0.3) is 0 Å². The first-order valence-electron chi connectivity index (χ1n) is 7.10. The van der Waals surface area contributed by atoms with Crippen LogP contribution in [0.4, 0.5) is 0 Å². The third-order valence-corrected chi connectivity index (χ3v) is 4.19. The van der Waals surface area contributed by atoms with Crippen molar-refractivity contribution in [2.24, 2.45) is 5.92 Å². The van der Waals surface area contributed by atoms with Gasteiger partial charge in [-0.2, -0.15) is 0 Å². The highest BCUT2D eigenvalue weighted by molar-refractivity contribution is 7.08. The second-order valence-corrected chi connectivity index (χ2v) is 6.81. The number of carbonyl (C=O) groups is 1. The highest BCUT2D eigenvalue weighted by Crippen LogP contribution is 2.25. The first-order valence-corrected chi connectivity index (χ1v) is 7.87. The van der Waals surface area contributed by atoms with Crippen molar-refractivity contribution in [2.75, 3.05) is 6.54 Å². The molecule has 1 heterocycles. The molecule has 1 unspecified atom stereocenters. The molecule has 6 heteroatoms. The van der Waals surface area contributed by atoms with Gasteiger partial charge >= 0.3 is 0 Å². The Morgan fingerprint density at radius 2 is 1.95 bits per heavy atom. The number of amides is 1. The lowest BCUT2D eigenvalue weighted by Gasteiger charge is -2.21. The van der Waals surface area contributed by atoms with Crippen molar-refractivity contribution in [2.45, 2.75) is 59.0 Å². The first-order chi connectivity index (χ1) is 9.31. The van der Waals surface area contributed by atoms with Crippen LogP contribution in [0.15, 0.2) is 0 Å². The predicted molar refractivity (Wildman–Crippen MR) is 81.0 cm³/mol. The van der Waals surface area contributed by atoms with E-state index in [1.165, 1.54) is 0 Å². The maximum absolute atomic E-state index is 12.2. The number of nitrogens with zero attached hydrogens (tertiary/aromatic N) is 2. The monoisotopic (exact) mass is 299 g/mol. The molecule has 1 amide bonds. The van der Waals surface area contributed by atoms with E-state index in [4.69, 9.17) is 0 Å². The molecule has 0 aliphatic carbocycles. The Balaban J connectivity index is 2.67. The number of rotatable bonds is 6. The Kier molecular flexibility index (Phi) is 6.07. The van der Waals surface area contributed by atoms with Crippen LogP contribution in [-0.2, 0) is 5.41 Å². The molecule has 1 rings (SSSR count). The van der Waals surface area contributed by atoms with Crippen molar-refractivity contribution in [3.05, 3.63) is 10.6 Å². The molecule has 1 atom stereocenters. The van der Waals surface area contributed by atoms with Crippen molar-refractivity contribution in [1.29, 1.82) is 0 Å². The molecule has 5 nitrogen and oxygen atoms in total. The minimum atomic E-state index is -0.507. The highest BCUT2D eigenvalue weighted by Gasteiger charge is 2.26. The summed E-state index contributed by atoms with van der Waals surface area (Å²) in [6.07, 6.45) is 1.30. The maximum atomic E-state index is 12.2. The Labute approximate surface area is 125 Å². The number of aromatic nitrogens is 2. The summed E-state index contributed by atoms with van der Waals surface area (Å²) in [5.41, 5.74) is 0.491. The molecule has 0 aromatic carbocycles. The summed E-state index contributed by atoms with van der Waals surface area (Å²) < 4.78 is 3.87. The number of aliphatic hydroxyl groups is 1. The van der Waals surface area contributed by atoms with Gasteiger partial charge in [-0.25, -0.2) is 0 Å². The molecule has 2 N–H and O–H groups in total. The van der Waals surface area contributed by atoms with Crippen LogP contribution in [0.1, 0.15) is 62.8 Å². The maximum Gasteiger partial charge on any atom is 0.265 e. The summed E-state index contributed by atoms with van der Waals surface area (Å²) in [5, 5.41) is 16.9. The lowest BCUT2D eigenvalue weighted by Crippen LogP contribution is -2.36. The van der Waals surface area contributed by atoms with E-state index in [1.807, 2.05) is 34.6 Å². The number of carbonyl (C=O) groups excluding carboxylic acids is 1. The van der Waals surface area contributed by atoms with E-state index in [-0.39, 0.29) is 23.8 Å². The van der Waals surface area contributed by atoms with Crippen LogP contribution in [0, 0.1) is 5.92 Å². The predicted octanol–water partition coefficient (Wildman–Crippen LogP) is 2.36. The van der Waals surface area contributed by atoms with Gasteiger partial charge in [-0.05, 0) is 17.5 Å². The van der Waals surface area contributed by atoms with Gasteiger partial charge in [0.25, 0.3) is 5.91 Å². The molecule has 1 aromatic rings. The second kappa shape index (κ2) is 7.13. The molecule has 0 fully saturated rings. The summed E-state index contributed by atoms with van der Waals surface area (Å²) in [5.74, 6) is 0.0203. The van der Waals surface area contributed by atoms with E-state index in [9.17, 15) is 9.90 Å². The van der Waals surface area contributed by atoms with Crippen LogP contribution in [0.2, 0.25) is 0 Å². The Morgan fingerprint density at radius 3 is 2.45 bits per heavy atom. The van der Waals surface area contributed by atoms with E-state index in [0.29, 0.717) is 10.6 Å². The first kappa shape index (κ1) is 17.0. The van der Waals surface area contributed by atoms with Crippen LogP contribution in [-0.4, -0.2) is 33.2 Å². The molecule has 0 aliphatic heterocycles. The van der Waals surface area contributed by atoms with Crippen molar-refractivity contribution < 1.29 is 9.90 Å². The lowest BCUT2D eigenvalue weighted by atomic mass is 9.91. The molecule has 114 valence electrons. The fourth-order valence-corrected chi connectivity index (χ4v) is 2.90.